The maximum absolute atomic E-state index is 2.44. The molecule has 0 amide bonds. The Kier molecular flexibility index (Phi) is 5.47. The number of rotatable bonds is 1. The summed E-state index contributed by atoms with van der Waals surface area (Å²) in [6, 6.07) is 0. The molecule has 2 heteroatoms. The Morgan fingerprint density at radius 3 is 2.43 bits per heavy atom. The van der Waals surface area contributed by atoms with Crippen LogP contribution >= 0.6 is 0 Å². The molecular formula is C21H25GeHf. The van der Waals surface area contributed by atoms with Crippen LogP contribution < -0.4 is 0 Å². The second kappa shape index (κ2) is 7.23. The van der Waals surface area contributed by atoms with Gasteiger partial charge in [-0.25, -0.2) is 0 Å². The first-order valence-electron chi connectivity index (χ1n) is 8.56. The zero-order valence-corrected chi connectivity index (χ0v) is 20.6. The summed E-state index contributed by atoms with van der Waals surface area (Å²) in [6.07, 6.45) is 17.0. The molecule has 3 aliphatic carbocycles. The molecule has 0 N–H and O–H groups in total. The molecule has 0 fully saturated rings. The first-order valence-corrected chi connectivity index (χ1v) is 15.7. The SMILES string of the molecule is CC1=C(C2=CC=CC2)C2=C(C=CC=CC2C)[CH]1[Hf].C[C]1=[CH][GeH]1[CH3]. The first kappa shape index (κ1) is 17.4. The van der Waals surface area contributed by atoms with Crippen LogP contribution in [0.15, 0.2) is 79.7 Å². The monoisotopic (exact) mass is 531 g/mol. The molecule has 0 aromatic rings. The second-order valence-corrected chi connectivity index (χ2v) is 14.9. The molecule has 117 valence electrons. The van der Waals surface area contributed by atoms with Crippen molar-refractivity contribution in [1.82, 2.24) is 0 Å². The molecule has 0 radical (unpaired) electrons. The molecule has 4 rings (SSSR count). The van der Waals surface area contributed by atoms with Gasteiger partial charge < -0.3 is 0 Å². The van der Waals surface area contributed by atoms with Crippen molar-refractivity contribution < 1.29 is 24.4 Å². The van der Waals surface area contributed by atoms with Gasteiger partial charge in [0.25, 0.3) is 0 Å². The average molecular weight is 529 g/mol. The van der Waals surface area contributed by atoms with E-state index in [1.807, 2.05) is 0 Å². The zero-order valence-electron chi connectivity index (χ0n) is 14.6. The van der Waals surface area contributed by atoms with Crippen LogP contribution in [0.2, 0.25) is 9.43 Å². The normalized spacial score (nSPS) is 30.7. The van der Waals surface area contributed by atoms with E-state index in [0.717, 1.165) is 6.42 Å². The summed E-state index contributed by atoms with van der Waals surface area (Å²) in [7, 11) is 0. The molecule has 3 unspecified atom stereocenters. The fourth-order valence-electron chi connectivity index (χ4n) is 3.46. The van der Waals surface area contributed by atoms with E-state index in [9.17, 15) is 0 Å². The van der Waals surface area contributed by atoms with Crippen molar-refractivity contribution in [2.75, 3.05) is 0 Å². The molecule has 0 aromatic heterocycles. The summed E-state index contributed by atoms with van der Waals surface area (Å²) in [5.41, 5.74) is 7.87. The fourth-order valence-corrected chi connectivity index (χ4v) is 8.43. The van der Waals surface area contributed by atoms with E-state index in [0.29, 0.717) is 9.59 Å². The Labute approximate surface area is 160 Å². The van der Waals surface area contributed by atoms with Crippen molar-refractivity contribution in [2.24, 2.45) is 5.92 Å². The van der Waals surface area contributed by atoms with Crippen molar-refractivity contribution >= 4 is 14.3 Å². The predicted octanol–water partition coefficient (Wildman–Crippen LogP) is 5.48. The topological polar surface area (TPSA) is 0 Å². The van der Waals surface area contributed by atoms with Gasteiger partial charge in [0.2, 0.25) is 0 Å². The molecule has 23 heavy (non-hydrogen) atoms. The molecule has 0 saturated heterocycles. The molecule has 0 saturated carbocycles. The van der Waals surface area contributed by atoms with Crippen molar-refractivity contribution in [2.45, 2.75) is 36.6 Å². The molecule has 0 bridgehead atoms. The molecule has 0 nitrogen and oxygen atoms in total. The van der Waals surface area contributed by atoms with Crippen LogP contribution in [0.5, 0.6) is 0 Å². The van der Waals surface area contributed by atoms with Crippen LogP contribution in [0.1, 0.15) is 27.2 Å². The molecule has 1 heterocycles. The van der Waals surface area contributed by atoms with Gasteiger partial charge in [-0.15, -0.1) is 0 Å². The van der Waals surface area contributed by atoms with Gasteiger partial charge in [-0.1, -0.05) is 0 Å². The second-order valence-electron chi connectivity index (χ2n) is 6.92. The summed E-state index contributed by atoms with van der Waals surface area (Å²) in [5.74, 6) is 2.93. The van der Waals surface area contributed by atoms with Gasteiger partial charge in [-0.2, -0.15) is 0 Å². The van der Waals surface area contributed by atoms with Crippen LogP contribution in [0, 0.1) is 5.92 Å². The van der Waals surface area contributed by atoms with Gasteiger partial charge >= 0.3 is 161 Å². The summed E-state index contributed by atoms with van der Waals surface area (Å²) < 4.78 is 2.44. The van der Waals surface area contributed by atoms with E-state index >= 15 is 0 Å². The van der Waals surface area contributed by atoms with E-state index in [1.165, 1.54) is 29.9 Å². The van der Waals surface area contributed by atoms with Gasteiger partial charge in [-0.3, -0.25) is 0 Å². The molecule has 3 atom stereocenters. The van der Waals surface area contributed by atoms with E-state index in [4.69, 9.17) is 0 Å². The van der Waals surface area contributed by atoms with Crippen LogP contribution in [0.4, 0.5) is 0 Å². The van der Waals surface area contributed by atoms with Crippen molar-refractivity contribution in [3.63, 3.8) is 0 Å². The minimum absolute atomic E-state index is 0.542. The van der Waals surface area contributed by atoms with Gasteiger partial charge in [0.15, 0.2) is 0 Å². The van der Waals surface area contributed by atoms with E-state index < -0.39 is 14.3 Å². The molecule has 4 aliphatic rings. The van der Waals surface area contributed by atoms with Crippen LogP contribution in [-0.4, -0.2) is 14.3 Å². The zero-order chi connectivity index (χ0) is 16.6. The van der Waals surface area contributed by atoms with E-state index in [2.05, 4.69) is 74.0 Å². The van der Waals surface area contributed by atoms with Gasteiger partial charge in [0.05, 0.1) is 0 Å². The van der Waals surface area contributed by atoms with Gasteiger partial charge in [-0.05, 0) is 0 Å². The van der Waals surface area contributed by atoms with E-state index in [-0.39, 0.29) is 0 Å². The quantitative estimate of drug-likeness (QED) is 0.396. The van der Waals surface area contributed by atoms with Gasteiger partial charge in [0, 0.05) is 0 Å². The summed E-state index contributed by atoms with van der Waals surface area (Å²) in [6.45, 7) is 6.91. The van der Waals surface area contributed by atoms with Crippen LogP contribution in [0.25, 0.3) is 0 Å². The van der Waals surface area contributed by atoms with Crippen molar-refractivity contribution in [1.29, 1.82) is 0 Å². The molecular weight excluding hydrogens is 503 g/mol. The van der Waals surface area contributed by atoms with Crippen molar-refractivity contribution in [3.05, 3.63) is 79.7 Å². The first-order chi connectivity index (χ1) is 11.0. The Bertz CT molecular complexity index is 725. The maximum atomic E-state index is 2.44. The van der Waals surface area contributed by atoms with E-state index in [1.54, 1.807) is 26.7 Å². The minimum atomic E-state index is -0.553. The molecule has 0 aromatic carbocycles. The number of hydrogen-bond acceptors (Lipinski definition) is 0. The third kappa shape index (κ3) is 3.66. The number of hydrogen-bond donors (Lipinski definition) is 0. The third-order valence-corrected chi connectivity index (χ3v) is 12.6. The summed E-state index contributed by atoms with van der Waals surface area (Å²) in [5, 5.41) is 0. The third-order valence-electron chi connectivity index (χ3n) is 5.18. The Morgan fingerprint density at radius 2 is 1.87 bits per heavy atom. The summed E-state index contributed by atoms with van der Waals surface area (Å²) >= 11 is 0.660. The standard InChI is InChI=1S/C17H17.C4H8Ge.Hf/c1-12-7-3-4-10-15-11-13(2)17(16(12)15)14-8-5-6-9-14;1-4-3-5(4)2;/h3-8,10-12H,9H2,1-2H3;3,5H,1-2H3;. The Morgan fingerprint density at radius 1 is 1.17 bits per heavy atom. The van der Waals surface area contributed by atoms with Crippen LogP contribution in [-0.2, 0) is 24.4 Å². The van der Waals surface area contributed by atoms with Crippen LogP contribution in [0.3, 0.4) is 0 Å². The Hall–Kier alpha value is -0.407. The predicted molar refractivity (Wildman–Crippen MR) is 99.5 cm³/mol. The molecule has 0 spiro atoms. The summed E-state index contributed by atoms with van der Waals surface area (Å²) in [4.78, 5) is 2.44. The van der Waals surface area contributed by atoms with Crippen molar-refractivity contribution in [3.8, 4) is 0 Å². The average Bonchev–Trinajstić information content (AvgIpc) is 2.92. The Balaban J connectivity index is 0.000000267. The molecule has 1 aliphatic heterocycles. The fraction of sp³-hybridized carbons (Fsp3) is 0.333. The number of allylic oxidation sites excluding steroid dienone is 13. The van der Waals surface area contributed by atoms with Gasteiger partial charge in [0.1, 0.15) is 0 Å².